The lowest BCUT2D eigenvalue weighted by molar-refractivity contribution is 0.169. The molecule has 16 heavy (non-hydrogen) atoms. The number of aliphatic hydroxyl groups is 1. The van der Waals surface area contributed by atoms with Crippen molar-refractivity contribution in [1.82, 2.24) is 0 Å². The largest absolute Gasteiger partial charge is 0.396 e. The van der Waals surface area contributed by atoms with E-state index >= 15 is 0 Å². The summed E-state index contributed by atoms with van der Waals surface area (Å²) in [6.07, 6.45) is 3.38. The Hall–Kier alpha value is -0.860. The number of hydrogen-bond acceptors (Lipinski definition) is 2. The molecule has 0 amide bonds. The van der Waals surface area contributed by atoms with Gasteiger partial charge in [-0.05, 0) is 55.7 Å². The Labute approximate surface area is 97.5 Å². The van der Waals surface area contributed by atoms with Crippen molar-refractivity contribution in [3.8, 4) is 0 Å². The van der Waals surface area contributed by atoms with Gasteiger partial charge in [0.25, 0.3) is 0 Å². The molecule has 1 aliphatic rings. The minimum atomic E-state index is 0.225. The Bertz CT molecular complexity index is 358. The molecule has 0 spiro atoms. The highest BCUT2D eigenvalue weighted by Gasteiger charge is 2.24. The lowest BCUT2D eigenvalue weighted by atomic mass is 9.77. The Morgan fingerprint density at radius 2 is 2.25 bits per heavy atom. The van der Waals surface area contributed by atoms with E-state index in [1.807, 2.05) is 0 Å². The minimum absolute atomic E-state index is 0.225. The Balaban J connectivity index is 2.14. The van der Waals surface area contributed by atoms with Gasteiger partial charge in [0.05, 0.1) is 0 Å². The van der Waals surface area contributed by atoms with Gasteiger partial charge >= 0.3 is 0 Å². The summed E-state index contributed by atoms with van der Waals surface area (Å²) >= 11 is 0. The van der Waals surface area contributed by atoms with Crippen LogP contribution < -0.4 is 5.73 Å². The lowest BCUT2D eigenvalue weighted by Gasteiger charge is -2.30. The van der Waals surface area contributed by atoms with Crippen molar-refractivity contribution in [3.63, 3.8) is 0 Å². The maximum atomic E-state index is 9.29. The molecule has 0 heterocycles. The molecule has 2 heteroatoms. The Morgan fingerprint density at radius 3 is 2.94 bits per heavy atom. The van der Waals surface area contributed by atoms with Crippen molar-refractivity contribution >= 4 is 0 Å². The average molecular weight is 219 g/mol. The van der Waals surface area contributed by atoms with Crippen LogP contribution in [0.1, 0.15) is 23.1 Å². The van der Waals surface area contributed by atoms with Crippen LogP contribution in [0, 0.1) is 18.8 Å². The number of fused-ring (bicyclic) bond motifs is 1. The van der Waals surface area contributed by atoms with Gasteiger partial charge in [-0.25, -0.2) is 0 Å². The van der Waals surface area contributed by atoms with E-state index in [0.29, 0.717) is 12.5 Å². The summed E-state index contributed by atoms with van der Waals surface area (Å²) in [4.78, 5) is 0. The van der Waals surface area contributed by atoms with Crippen molar-refractivity contribution in [1.29, 1.82) is 0 Å². The minimum Gasteiger partial charge on any atom is -0.396 e. The first-order valence-electron chi connectivity index (χ1n) is 6.14. The number of nitrogens with two attached hydrogens (primary N) is 1. The van der Waals surface area contributed by atoms with E-state index in [2.05, 4.69) is 25.1 Å². The van der Waals surface area contributed by atoms with Crippen molar-refractivity contribution in [2.24, 2.45) is 17.6 Å². The fraction of sp³-hybridized carbons (Fsp3) is 0.571. The van der Waals surface area contributed by atoms with Crippen LogP contribution in [0.2, 0.25) is 0 Å². The molecular formula is C14H21NO. The van der Waals surface area contributed by atoms with Crippen LogP contribution in [0.5, 0.6) is 0 Å². The number of hydrogen-bond donors (Lipinski definition) is 2. The molecule has 0 radical (unpaired) electrons. The monoisotopic (exact) mass is 219 g/mol. The second-order valence-electron chi connectivity index (χ2n) is 4.95. The van der Waals surface area contributed by atoms with Gasteiger partial charge < -0.3 is 10.8 Å². The molecular weight excluding hydrogens is 198 g/mol. The maximum absolute atomic E-state index is 9.29. The van der Waals surface area contributed by atoms with Crippen LogP contribution in [-0.2, 0) is 12.8 Å². The molecule has 0 bridgehead atoms. The van der Waals surface area contributed by atoms with Gasteiger partial charge in [0.1, 0.15) is 0 Å². The molecule has 2 atom stereocenters. The van der Waals surface area contributed by atoms with E-state index in [1.165, 1.54) is 23.1 Å². The summed E-state index contributed by atoms with van der Waals surface area (Å²) in [6, 6.07) is 6.71. The number of aryl methyl sites for hydroxylation is 2. The van der Waals surface area contributed by atoms with Crippen LogP contribution >= 0.6 is 0 Å². The molecule has 2 nitrogen and oxygen atoms in total. The number of benzene rings is 1. The summed E-state index contributed by atoms with van der Waals surface area (Å²) in [5, 5.41) is 9.29. The van der Waals surface area contributed by atoms with Crippen LogP contribution in [0.4, 0.5) is 0 Å². The number of rotatable bonds is 3. The third-order valence-corrected chi connectivity index (χ3v) is 3.83. The molecule has 0 aliphatic heterocycles. The summed E-state index contributed by atoms with van der Waals surface area (Å²) in [5.74, 6) is 0.833. The average Bonchev–Trinajstić information content (AvgIpc) is 2.31. The van der Waals surface area contributed by atoms with Crippen molar-refractivity contribution < 1.29 is 5.11 Å². The maximum Gasteiger partial charge on any atom is 0.0474 e. The van der Waals surface area contributed by atoms with E-state index in [1.54, 1.807) is 0 Å². The molecule has 1 aromatic carbocycles. The van der Waals surface area contributed by atoms with Gasteiger partial charge in [0, 0.05) is 6.61 Å². The third kappa shape index (κ3) is 2.28. The van der Waals surface area contributed by atoms with Gasteiger partial charge in [0.2, 0.25) is 0 Å². The molecule has 0 saturated carbocycles. The van der Waals surface area contributed by atoms with Crippen molar-refractivity contribution in [3.05, 3.63) is 34.9 Å². The van der Waals surface area contributed by atoms with Crippen LogP contribution in [0.15, 0.2) is 18.2 Å². The van der Waals surface area contributed by atoms with Crippen LogP contribution in [0.3, 0.4) is 0 Å². The first-order valence-corrected chi connectivity index (χ1v) is 6.14. The van der Waals surface area contributed by atoms with Gasteiger partial charge in [-0.3, -0.25) is 0 Å². The Morgan fingerprint density at radius 1 is 1.44 bits per heavy atom. The first kappa shape index (κ1) is 11.6. The molecule has 1 aromatic rings. The molecule has 0 saturated heterocycles. The highest BCUT2D eigenvalue weighted by atomic mass is 16.3. The molecule has 0 aromatic heterocycles. The smallest absolute Gasteiger partial charge is 0.0474 e. The van der Waals surface area contributed by atoms with E-state index < -0.39 is 0 Å². The van der Waals surface area contributed by atoms with E-state index in [4.69, 9.17) is 5.73 Å². The highest BCUT2D eigenvalue weighted by Crippen LogP contribution is 2.30. The van der Waals surface area contributed by atoms with Gasteiger partial charge in [0.15, 0.2) is 0 Å². The van der Waals surface area contributed by atoms with Crippen molar-refractivity contribution in [2.45, 2.75) is 26.2 Å². The van der Waals surface area contributed by atoms with E-state index in [-0.39, 0.29) is 12.5 Å². The van der Waals surface area contributed by atoms with Gasteiger partial charge in [-0.15, -0.1) is 0 Å². The second kappa shape index (κ2) is 4.98. The van der Waals surface area contributed by atoms with Gasteiger partial charge in [-0.2, -0.15) is 0 Å². The molecule has 1 aliphatic carbocycles. The fourth-order valence-corrected chi connectivity index (χ4v) is 2.73. The summed E-state index contributed by atoms with van der Waals surface area (Å²) < 4.78 is 0. The van der Waals surface area contributed by atoms with E-state index in [0.717, 1.165) is 12.8 Å². The molecule has 0 fully saturated rings. The quantitative estimate of drug-likeness (QED) is 0.812. The SMILES string of the molecule is Cc1ccc2c(c1)CCC(C(CN)CO)C2. The first-order chi connectivity index (χ1) is 7.74. The van der Waals surface area contributed by atoms with Gasteiger partial charge in [-0.1, -0.05) is 23.8 Å². The van der Waals surface area contributed by atoms with E-state index in [9.17, 15) is 5.11 Å². The zero-order chi connectivity index (χ0) is 11.5. The normalized spacial score (nSPS) is 21.6. The topological polar surface area (TPSA) is 46.2 Å². The molecule has 3 N–H and O–H groups in total. The predicted octanol–water partition coefficient (Wildman–Crippen LogP) is 1.67. The second-order valence-corrected chi connectivity index (χ2v) is 4.95. The summed E-state index contributed by atoms with van der Waals surface area (Å²) in [6.45, 7) is 2.97. The standard InChI is InChI=1S/C14H21NO/c1-10-2-3-12-7-13(14(8-15)9-16)5-4-11(12)6-10/h2-3,6,13-14,16H,4-5,7-9,15H2,1H3. The predicted molar refractivity (Wildman–Crippen MR) is 66.3 cm³/mol. The van der Waals surface area contributed by atoms with Crippen LogP contribution in [-0.4, -0.2) is 18.3 Å². The highest BCUT2D eigenvalue weighted by molar-refractivity contribution is 5.33. The van der Waals surface area contributed by atoms with Crippen LogP contribution in [0.25, 0.3) is 0 Å². The third-order valence-electron chi connectivity index (χ3n) is 3.83. The summed E-state index contributed by atoms with van der Waals surface area (Å²) in [5.41, 5.74) is 9.98. The Kier molecular flexibility index (Phi) is 3.62. The van der Waals surface area contributed by atoms with Crippen molar-refractivity contribution in [2.75, 3.05) is 13.2 Å². The molecule has 2 unspecified atom stereocenters. The zero-order valence-corrected chi connectivity index (χ0v) is 9.95. The molecule has 88 valence electrons. The number of aliphatic hydroxyl groups excluding tert-OH is 1. The molecule has 2 rings (SSSR count). The lowest BCUT2D eigenvalue weighted by Crippen LogP contribution is -2.30. The fourth-order valence-electron chi connectivity index (χ4n) is 2.73. The zero-order valence-electron chi connectivity index (χ0n) is 9.95. The summed E-state index contributed by atoms with van der Waals surface area (Å²) in [7, 11) is 0.